The van der Waals surface area contributed by atoms with Gasteiger partial charge in [0.2, 0.25) is 5.89 Å². The molecule has 0 radical (unpaired) electrons. The highest BCUT2D eigenvalue weighted by atomic mass is 16.5. The van der Waals surface area contributed by atoms with Gasteiger partial charge in [-0.2, -0.15) is 10.1 Å². The van der Waals surface area contributed by atoms with E-state index in [2.05, 4.69) is 20.1 Å². The van der Waals surface area contributed by atoms with Gasteiger partial charge in [-0.1, -0.05) is 5.16 Å². The Hall–Kier alpha value is -2.42. The van der Waals surface area contributed by atoms with Crippen LogP contribution in [0.1, 0.15) is 17.8 Å². The van der Waals surface area contributed by atoms with E-state index in [0.717, 1.165) is 25.3 Å². The SMILES string of the molecule is Cc1noc(CN2CC(n3cc(N4CCN(C)C4=O)cn3)C2)n1. The highest BCUT2D eigenvalue weighted by molar-refractivity contribution is 5.93. The van der Waals surface area contributed by atoms with Crippen molar-refractivity contribution in [3.8, 4) is 0 Å². The molecule has 0 bridgehead atoms. The summed E-state index contributed by atoms with van der Waals surface area (Å²) in [7, 11) is 1.82. The van der Waals surface area contributed by atoms with Crippen LogP contribution in [0.15, 0.2) is 16.9 Å². The number of aryl methyl sites for hydroxylation is 1. The van der Waals surface area contributed by atoms with Crippen LogP contribution >= 0.6 is 0 Å². The van der Waals surface area contributed by atoms with Crippen LogP contribution in [0.5, 0.6) is 0 Å². The molecule has 2 aromatic heterocycles. The molecule has 0 saturated carbocycles. The van der Waals surface area contributed by atoms with Crippen LogP contribution < -0.4 is 4.90 Å². The Morgan fingerprint density at radius 3 is 2.83 bits per heavy atom. The molecule has 0 aliphatic carbocycles. The highest BCUT2D eigenvalue weighted by Crippen LogP contribution is 2.25. The van der Waals surface area contributed by atoms with Gasteiger partial charge in [-0.3, -0.25) is 14.5 Å². The first-order valence-electron chi connectivity index (χ1n) is 7.68. The summed E-state index contributed by atoms with van der Waals surface area (Å²) in [5, 5.41) is 8.21. The smallest absolute Gasteiger partial charge is 0.324 e. The van der Waals surface area contributed by atoms with Crippen molar-refractivity contribution in [3.63, 3.8) is 0 Å². The molecule has 0 spiro atoms. The maximum absolute atomic E-state index is 12.0. The molecule has 0 atom stereocenters. The third-order valence-electron chi connectivity index (χ3n) is 4.36. The average Bonchev–Trinajstić information content (AvgIpc) is 3.17. The predicted molar refractivity (Wildman–Crippen MR) is 80.9 cm³/mol. The van der Waals surface area contributed by atoms with Crippen LogP contribution in [0.3, 0.4) is 0 Å². The fraction of sp³-hybridized carbons (Fsp3) is 0.571. The Bertz CT molecular complexity index is 718. The summed E-state index contributed by atoms with van der Waals surface area (Å²) in [4.78, 5) is 21.9. The van der Waals surface area contributed by atoms with Gasteiger partial charge < -0.3 is 9.42 Å². The lowest BCUT2D eigenvalue weighted by atomic mass is 10.1. The summed E-state index contributed by atoms with van der Waals surface area (Å²) in [6, 6.07) is 0.356. The van der Waals surface area contributed by atoms with Gasteiger partial charge in [-0.25, -0.2) is 4.79 Å². The number of rotatable bonds is 4. The van der Waals surface area contributed by atoms with E-state index in [1.165, 1.54) is 0 Å². The molecule has 4 heterocycles. The van der Waals surface area contributed by atoms with Crippen molar-refractivity contribution >= 4 is 11.7 Å². The number of aromatic nitrogens is 4. The monoisotopic (exact) mass is 317 g/mol. The quantitative estimate of drug-likeness (QED) is 0.817. The molecule has 0 N–H and O–H groups in total. The van der Waals surface area contributed by atoms with Crippen LogP contribution in [-0.2, 0) is 6.54 Å². The van der Waals surface area contributed by atoms with Crippen molar-refractivity contribution in [1.82, 2.24) is 29.7 Å². The van der Waals surface area contributed by atoms with Gasteiger partial charge in [0.1, 0.15) is 0 Å². The summed E-state index contributed by atoms with van der Waals surface area (Å²) in [5.74, 6) is 1.31. The van der Waals surface area contributed by atoms with Gasteiger partial charge in [0.25, 0.3) is 0 Å². The molecule has 2 saturated heterocycles. The Balaban J connectivity index is 1.35. The molecule has 9 nitrogen and oxygen atoms in total. The zero-order valence-electron chi connectivity index (χ0n) is 13.2. The van der Waals surface area contributed by atoms with E-state index in [1.807, 2.05) is 24.9 Å². The van der Waals surface area contributed by atoms with Gasteiger partial charge >= 0.3 is 6.03 Å². The van der Waals surface area contributed by atoms with Gasteiger partial charge in [-0.15, -0.1) is 0 Å². The van der Waals surface area contributed by atoms with Crippen LogP contribution in [0.4, 0.5) is 10.5 Å². The summed E-state index contributed by atoms with van der Waals surface area (Å²) in [6.45, 7) is 5.72. The fourth-order valence-corrected chi connectivity index (χ4v) is 2.99. The number of nitrogens with zero attached hydrogens (tertiary/aromatic N) is 7. The minimum Gasteiger partial charge on any atom is -0.338 e. The Morgan fingerprint density at radius 2 is 2.17 bits per heavy atom. The number of anilines is 1. The summed E-state index contributed by atoms with van der Waals surface area (Å²) < 4.78 is 7.07. The molecule has 0 aromatic carbocycles. The van der Waals surface area contributed by atoms with E-state index in [1.54, 1.807) is 16.0 Å². The van der Waals surface area contributed by atoms with Crippen molar-refractivity contribution in [2.75, 3.05) is 38.1 Å². The topological polar surface area (TPSA) is 83.5 Å². The zero-order valence-corrected chi connectivity index (χ0v) is 13.2. The molecule has 2 aromatic rings. The van der Waals surface area contributed by atoms with Crippen LogP contribution in [0.25, 0.3) is 0 Å². The lowest BCUT2D eigenvalue weighted by Crippen LogP contribution is -2.47. The number of carbonyl (C=O) groups excluding carboxylic acids is 1. The van der Waals surface area contributed by atoms with Crippen molar-refractivity contribution in [2.45, 2.75) is 19.5 Å². The van der Waals surface area contributed by atoms with Gasteiger partial charge in [0, 0.05) is 39.4 Å². The van der Waals surface area contributed by atoms with Gasteiger partial charge in [-0.05, 0) is 6.92 Å². The molecular formula is C14H19N7O2. The molecule has 23 heavy (non-hydrogen) atoms. The summed E-state index contributed by atoms with van der Waals surface area (Å²) in [5.41, 5.74) is 0.866. The fourth-order valence-electron chi connectivity index (χ4n) is 2.99. The maximum Gasteiger partial charge on any atom is 0.324 e. The molecule has 9 heteroatoms. The van der Waals surface area contributed by atoms with E-state index < -0.39 is 0 Å². The van der Waals surface area contributed by atoms with E-state index >= 15 is 0 Å². The molecule has 4 rings (SSSR count). The van der Waals surface area contributed by atoms with E-state index in [-0.39, 0.29) is 6.03 Å². The van der Waals surface area contributed by atoms with E-state index in [4.69, 9.17) is 4.52 Å². The molecule has 2 aliphatic heterocycles. The lowest BCUT2D eigenvalue weighted by Gasteiger charge is -2.38. The number of hydrogen-bond donors (Lipinski definition) is 0. The largest absolute Gasteiger partial charge is 0.338 e. The molecular weight excluding hydrogens is 298 g/mol. The third kappa shape index (κ3) is 2.56. The first-order chi connectivity index (χ1) is 11.1. The number of likely N-dealkylation sites (tertiary alicyclic amines) is 1. The normalized spacial score (nSPS) is 19.7. The van der Waals surface area contributed by atoms with Crippen LogP contribution in [0, 0.1) is 6.92 Å². The average molecular weight is 317 g/mol. The second kappa shape index (κ2) is 5.34. The maximum atomic E-state index is 12.0. The summed E-state index contributed by atoms with van der Waals surface area (Å²) >= 11 is 0. The van der Waals surface area contributed by atoms with Gasteiger partial charge in [0.15, 0.2) is 5.82 Å². The Morgan fingerprint density at radius 1 is 1.35 bits per heavy atom. The van der Waals surface area contributed by atoms with Gasteiger partial charge in [0.05, 0.1) is 24.5 Å². The first-order valence-corrected chi connectivity index (χ1v) is 7.68. The van der Waals surface area contributed by atoms with Crippen molar-refractivity contribution in [3.05, 3.63) is 24.1 Å². The third-order valence-corrected chi connectivity index (χ3v) is 4.36. The Labute approximate surface area is 133 Å². The van der Waals surface area contributed by atoms with Crippen molar-refractivity contribution < 1.29 is 9.32 Å². The summed E-state index contributed by atoms with van der Waals surface area (Å²) in [6.07, 6.45) is 3.72. The highest BCUT2D eigenvalue weighted by Gasteiger charge is 2.32. The van der Waals surface area contributed by atoms with Crippen molar-refractivity contribution in [1.29, 1.82) is 0 Å². The number of urea groups is 1. The van der Waals surface area contributed by atoms with E-state index in [0.29, 0.717) is 30.8 Å². The number of likely N-dealkylation sites (N-methyl/N-ethyl adjacent to an activating group) is 1. The second-order valence-corrected chi connectivity index (χ2v) is 6.12. The minimum atomic E-state index is 0.0338. The molecule has 0 unspecified atom stereocenters. The molecule has 2 fully saturated rings. The van der Waals surface area contributed by atoms with Crippen LogP contribution in [0.2, 0.25) is 0 Å². The number of amides is 2. The lowest BCUT2D eigenvalue weighted by molar-refractivity contribution is 0.0791. The standard InChI is InChI=1S/C14H19N7O2/c1-10-16-13(23-17-10)9-19-6-12(7-19)21-8-11(5-15-21)20-4-3-18(2)14(20)22/h5,8,12H,3-4,6-7,9H2,1-2H3. The molecule has 2 aliphatic rings. The predicted octanol–water partition coefficient (Wildman–Crippen LogP) is 0.503. The molecule has 2 amide bonds. The molecule has 122 valence electrons. The van der Waals surface area contributed by atoms with Crippen molar-refractivity contribution in [2.24, 2.45) is 0 Å². The second-order valence-electron chi connectivity index (χ2n) is 6.12. The zero-order chi connectivity index (χ0) is 16.0. The van der Waals surface area contributed by atoms with Crippen LogP contribution in [-0.4, -0.2) is 69.0 Å². The van der Waals surface area contributed by atoms with E-state index in [9.17, 15) is 4.79 Å². The Kier molecular flexibility index (Phi) is 3.29. The number of hydrogen-bond acceptors (Lipinski definition) is 6. The number of carbonyl (C=O) groups is 1. The first kappa shape index (κ1) is 14.2. The minimum absolute atomic E-state index is 0.0338.